The fraction of sp³-hybridized carbons (Fsp3) is 0.455. The minimum atomic E-state index is -0.652. The van der Waals surface area contributed by atoms with E-state index in [1.54, 1.807) is 0 Å². The molecule has 1 aliphatic heterocycles. The Morgan fingerprint density at radius 3 is 2.63 bits per heavy atom. The van der Waals surface area contributed by atoms with Crippen LogP contribution in [0.1, 0.15) is 12.8 Å². The monoisotopic (exact) mass is 267 g/mol. The van der Waals surface area contributed by atoms with Crippen LogP contribution in [-0.4, -0.2) is 29.1 Å². The number of nitro groups is 2. The van der Waals surface area contributed by atoms with Crippen LogP contribution < -0.4 is 5.32 Å². The zero-order valence-electron chi connectivity index (χ0n) is 10.1. The molecule has 1 N–H and O–H groups in total. The highest BCUT2D eigenvalue weighted by molar-refractivity contribution is 5.65. The van der Waals surface area contributed by atoms with Gasteiger partial charge in [0, 0.05) is 18.7 Å². The molecule has 0 spiro atoms. The molecular formula is C11H13N3O5. The van der Waals surface area contributed by atoms with Gasteiger partial charge in [-0.05, 0) is 18.9 Å². The molecule has 0 saturated carbocycles. The molecular weight excluding hydrogens is 254 g/mol. The van der Waals surface area contributed by atoms with Crippen molar-refractivity contribution in [3.8, 4) is 0 Å². The van der Waals surface area contributed by atoms with Crippen molar-refractivity contribution in [1.29, 1.82) is 0 Å². The molecule has 0 amide bonds. The fourth-order valence-electron chi connectivity index (χ4n) is 1.98. The highest BCUT2D eigenvalue weighted by Gasteiger charge is 2.22. The van der Waals surface area contributed by atoms with Crippen LogP contribution >= 0.6 is 0 Å². The minimum Gasteiger partial charge on any atom is -0.379 e. The molecule has 0 aliphatic carbocycles. The Kier molecular flexibility index (Phi) is 3.91. The van der Waals surface area contributed by atoms with Gasteiger partial charge in [0.25, 0.3) is 11.4 Å². The van der Waals surface area contributed by atoms with Gasteiger partial charge >= 0.3 is 0 Å². The molecule has 1 fully saturated rings. The normalized spacial score (nSPS) is 18.8. The van der Waals surface area contributed by atoms with Crippen molar-refractivity contribution >= 4 is 17.1 Å². The summed E-state index contributed by atoms with van der Waals surface area (Å²) in [5, 5.41) is 24.6. The summed E-state index contributed by atoms with van der Waals surface area (Å²) in [6.07, 6.45) is 1.74. The Labute approximate surface area is 108 Å². The lowest BCUT2D eigenvalue weighted by atomic mass is 10.1. The number of anilines is 1. The number of nitro benzene ring substituents is 2. The van der Waals surface area contributed by atoms with Gasteiger partial charge < -0.3 is 10.1 Å². The van der Waals surface area contributed by atoms with Crippen molar-refractivity contribution < 1.29 is 14.6 Å². The molecule has 1 unspecified atom stereocenters. The van der Waals surface area contributed by atoms with E-state index in [9.17, 15) is 20.2 Å². The van der Waals surface area contributed by atoms with Crippen LogP contribution in [0.2, 0.25) is 0 Å². The summed E-state index contributed by atoms with van der Waals surface area (Å²) in [4.78, 5) is 20.3. The summed E-state index contributed by atoms with van der Waals surface area (Å²) in [5.41, 5.74) is -0.303. The Morgan fingerprint density at radius 1 is 1.26 bits per heavy atom. The number of nitrogens with zero attached hydrogens (tertiary/aromatic N) is 2. The second kappa shape index (κ2) is 5.61. The Balaban J connectivity index is 2.23. The highest BCUT2D eigenvalue weighted by atomic mass is 16.6. The van der Waals surface area contributed by atoms with Crippen molar-refractivity contribution in [2.45, 2.75) is 18.9 Å². The van der Waals surface area contributed by atoms with Gasteiger partial charge in [-0.25, -0.2) is 0 Å². The van der Waals surface area contributed by atoms with Gasteiger partial charge in [-0.3, -0.25) is 20.2 Å². The summed E-state index contributed by atoms with van der Waals surface area (Å²) in [7, 11) is 0. The number of hydrogen-bond acceptors (Lipinski definition) is 6. The van der Waals surface area contributed by atoms with E-state index in [0.29, 0.717) is 13.2 Å². The number of benzene rings is 1. The number of ether oxygens (including phenoxy) is 1. The van der Waals surface area contributed by atoms with E-state index in [0.717, 1.165) is 18.9 Å². The molecule has 0 aromatic heterocycles. The summed E-state index contributed by atoms with van der Waals surface area (Å²) >= 11 is 0. The maximum absolute atomic E-state index is 10.9. The lowest BCUT2D eigenvalue weighted by Crippen LogP contribution is -2.30. The summed E-state index contributed by atoms with van der Waals surface area (Å²) < 4.78 is 5.28. The molecule has 1 aliphatic rings. The standard InChI is InChI=1S/C11H13N3O5/c15-13(16)9-3-4-10(11(6-9)14(17)18)12-8-2-1-5-19-7-8/h3-4,6,8,12H,1-2,5,7H2. The average Bonchev–Trinajstić information content (AvgIpc) is 2.39. The SMILES string of the molecule is O=[N+]([O-])c1ccc(NC2CCCOC2)c([N+](=O)[O-])c1. The Bertz CT molecular complexity index is 499. The summed E-state index contributed by atoms with van der Waals surface area (Å²) in [5.74, 6) is 0. The molecule has 1 aromatic rings. The lowest BCUT2D eigenvalue weighted by Gasteiger charge is -2.23. The van der Waals surface area contributed by atoms with Gasteiger partial charge in [-0.2, -0.15) is 0 Å². The average molecular weight is 267 g/mol. The predicted octanol–water partition coefficient (Wildman–Crippen LogP) is 2.09. The molecule has 19 heavy (non-hydrogen) atoms. The van der Waals surface area contributed by atoms with E-state index in [1.165, 1.54) is 12.1 Å². The first-order valence-corrected chi connectivity index (χ1v) is 5.85. The number of non-ortho nitro benzene ring substituents is 1. The van der Waals surface area contributed by atoms with E-state index in [4.69, 9.17) is 4.74 Å². The molecule has 102 valence electrons. The van der Waals surface area contributed by atoms with Crippen molar-refractivity contribution in [3.05, 3.63) is 38.4 Å². The van der Waals surface area contributed by atoms with Crippen LogP contribution in [0.3, 0.4) is 0 Å². The van der Waals surface area contributed by atoms with E-state index < -0.39 is 9.85 Å². The van der Waals surface area contributed by atoms with Crippen LogP contribution in [0, 0.1) is 20.2 Å². The van der Waals surface area contributed by atoms with Crippen LogP contribution in [0.5, 0.6) is 0 Å². The van der Waals surface area contributed by atoms with Crippen LogP contribution in [0.4, 0.5) is 17.1 Å². The lowest BCUT2D eigenvalue weighted by molar-refractivity contribution is -0.393. The van der Waals surface area contributed by atoms with Crippen molar-refractivity contribution in [2.24, 2.45) is 0 Å². The van der Waals surface area contributed by atoms with E-state index in [1.807, 2.05) is 0 Å². The molecule has 2 rings (SSSR count). The third-order valence-corrected chi connectivity index (χ3v) is 2.91. The number of hydrogen-bond donors (Lipinski definition) is 1. The third-order valence-electron chi connectivity index (χ3n) is 2.91. The Hall–Kier alpha value is -2.22. The van der Waals surface area contributed by atoms with Gasteiger partial charge in [0.2, 0.25) is 0 Å². The van der Waals surface area contributed by atoms with E-state index >= 15 is 0 Å². The molecule has 8 heteroatoms. The van der Waals surface area contributed by atoms with E-state index in [-0.39, 0.29) is 23.1 Å². The van der Waals surface area contributed by atoms with Gasteiger partial charge in [-0.15, -0.1) is 0 Å². The van der Waals surface area contributed by atoms with Gasteiger partial charge in [0.05, 0.1) is 22.5 Å². The zero-order chi connectivity index (χ0) is 13.8. The first-order chi connectivity index (χ1) is 9.08. The van der Waals surface area contributed by atoms with Gasteiger partial charge in [0.15, 0.2) is 0 Å². The van der Waals surface area contributed by atoms with Gasteiger partial charge in [0.1, 0.15) is 5.69 Å². The van der Waals surface area contributed by atoms with Crippen molar-refractivity contribution in [1.82, 2.24) is 0 Å². The van der Waals surface area contributed by atoms with Crippen molar-refractivity contribution in [3.63, 3.8) is 0 Å². The fourth-order valence-corrected chi connectivity index (χ4v) is 1.98. The van der Waals surface area contributed by atoms with Gasteiger partial charge in [-0.1, -0.05) is 0 Å². The first kappa shape index (κ1) is 13.2. The molecule has 0 bridgehead atoms. The molecule has 1 saturated heterocycles. The number of rotatable bonds is 4. The molecule has 1 heterocycles. The maximum Gasteiger partial charge on any atom is 0.299 e. The van der Waals surface area contributed by atoms with Crippen LogP contribution in [-0.2, 0) is 4.74 Å². The first-order valence-electron chi connectivity index (χ1n) is 5.85. The topological polar surface area (TPSA) is 108 Å². The smallest absolute Gasteiger partial charge is 0.299 e. The zero-order valence-corrected chi connectivity index (χ0v) is 10.1. The second-order valence-electron chi connectivity index (χ2n) is 4.27. The largest absolute Gasteiger partial charge is 0.379 e. The highest BCUT2D eigenvalue weighted by Crippen LogP contribution is 2.30. The van der Waals surface area contributed by atoms with E-state index in [2.05, 4.69) is 5.32 Å². The van der Waals surface area contributed by atoms with Crippen LogP contribution in [0.15, 0.2) is 18.2 Å². The minimum absolute atomic E-state index is 0.00564. The quantitative estimate of drug-likeness (QED) is 0.661. The predicted molar refractivity (Wildman–Crippen MR) is 67.2 cm³/mol. The Morgan fingerprint density at radius 2 is 2.05 bits per heavy atom. The second-order valence-corrected chi connectivity index (χ2v) is 4.27. The summed E-state index contributed by atoms with van der Waals surface area (Å²) in [6.45, 7) is 1.18. The summed E-state index contributed by atoms with van der Waals surface area (Å²) in [6, 6.07) is 3.57. The maximum atomic E-state index is 10.9. The third kappa shape index (κ3) is 3.16. The molecule has 8 nitrogen and oxygen atoms in total. The number of nitrogens with one attached hydrogen (secondary N) is 1. The molecule has 1 aromatic carbocycles. The van der Waals surface area contributed by atoms with Crippen LogP contribution in [0.25, 0.3) is 0 Å². The molecule has 1 atom stereocenters. The van der Waals surface area contributed by atoms with Crippen molar-refractivity contribution in [2.75, 3.05) is 18.5 Å². The molecule has 0 radical (unpaired) electrons.